The van der Waals surface area contributed by atoms with Gasteiger partial charge in [0.2, 0.25) is 0 Å². The fourth-order valence-electron chi connectivity index (χ4n) is 3.04. The third-order valence-corrected chi connectivity index (χ3v) is 5.62. The number of anilines is 1. The number of furan rings is 1. The fraction of sp³-hybridized carbons (Fsp3) is 0.280. The Labute approximate surface area is 206 Å². The average Bonchev–Trinajstić information content (AvgIpc) is 3.51. The number of carbonyl (C=O) groups is 4. The molecule has 0 spiro atoms. The summed E-state index contributed by atoms with van der Waals surface area (Å²) in [5, 5.41) is 4.56. The van der Waals surface area contributed by atoms with Crippen molar-refractivity contribution in [3.05, 3.63) is 59.2 Å². The SMILES string of the molecule is CCOC(=O)c1c(-c2ccco2)csc1NC(=O)COC(=O)CCCOc1ccc(C(C)=O)cc1. The molecule has 3 rings (SSSR count). The zero-order chi connectivity index (χ0) is 25.2. The third kappa shape index (κ3) is 7.28. The molecule has 0 atom stereocenters. The molecule has 0 saturated carbocycles. The Balaban J connectivity index is 1.45. The van der Waals surface area contributed by atoms with Crippen LogP contribution in [-0.2, 0) is 19.1 Å². The van der Waals surface area contributed by atoms with E-state index < -0.39 is 24.5 Å². The Hall–Kier alpha value is -3.92. The van der Waals surface area contributed by atoms with E-state index in [0.717, 1.165) is 11.3 Å². The number of hydrogen-bond donors (Lipinski definition) is 1. The van der Waals surface area contributed by atoms with Crippen molar-refractivity contribution in [1.82, 2.24) is 0 Å². The lowest BCUT2D eigenvalue weighted by Crippen LogP contribution is -2.22. The highest BCUT2D eigenvalue weighted by atomic mass is 32.1. The van der Waals surface area contributed by atoms with Crippen molar-refractivity contribution < 1.29 is 37.8 Å². The summed E-state index contributed by atoms with van der Waals surface area (Å²) in [6.45, 7) is 3.12. The number of ketones is 1. The van der Waals surface area contributed by atoms with Gasteiger partial charge < -0.3 is 23.9 Å². The summed E-state index contributed by atoms with van der Waals surface area (Å²) in [5.41, 5.74) is 1.27. The van der Waals surface area contributed by atoms with Crippen LogP contribution in [-0.4, -0.2) is 43.4 Å². The standard InChI is InChI=1S/C25H25NO8S/c1-3-31-25(30)23-19(20-6-4-13-33-20)15-35-24(23)26-21(28)14-34-22(29)7-5-12-32-18-10-8-17(9-11-18)16(2)27/h4,6,8-11,13,15H,3,5,7,12,14H2,1-2H3,(H,26,28). The molecule has 2 aromatic heterocycles. The van der Waals surface area contributed by atoms with E-state index in [9.17, 15) is 19.2 Å². The van der Waals surface area contributed by atoms with Crippen LogP contribution >= 0.6 is 11.3 Å². The zero-order valence-electron chi connectivity index (χ0n) is 19.3. The minimum absolute atomic E-state index is 0.0301. The number of esters is 2. The van der Waals surface area contributed by atoms with Gasteiger partial charge in [0, 0.05) is 22.9 Å². The highest BCUT2D eigenvalue weighted by molar-refractivity contribution is 7.15. The highest BCUT2D eigenvalue weighted by Gasteiger charge is 2.24. The summed E-state index contributed by atoms with van der Waals surface area (Å²) in [5.74, 6) is -0.707. The molecule has 1 amide bonds. The van der Waals surface area contributed by atoms with Gasteiger partial charge in [0.1, 0.15) is 22.1 Å². The molecule has 3 aromatic rings. The molecule has 35 heavy (non-hydrogen) atoms. The van der Waals surface area contributed by atoms with E-state index in [1.807, 2.05) is 0 Å². The first-order valence-electron chi connectivity index (χ1n) is 10.9. The Morgan fingerprint density at radius 3 is 2.49 bits per heavy atom. The number of thiophene rings is 1. The predicted molar refractivity (Wildman–Crippen MR) is 129 cm³/mol. The molecule has 0 aliphatic carbocycles. The molecule has 0 bridgehead atoms. The van der Waals surface area contributed by atoms with Crippen molar-refractivity contribution in [1.29, 1.82) is 0 Å². The van der Waals surface area contributed by atoms with Gasteiger partial charge in [-0.1, -0.05) is 0 Å². The quantitative estimate of drug-likeness (QED) is 0.216. The second-order valence-corrected chi connectivity index (χ2v) is 8.17. The summed E-state index contributed by atoms with van der Waals surface area (Å²) in [7, 11) is 0. The zero-order valence-corrected chi connectivity index (χ0v) is 20.1. The number of Topliss-reactive ketones (excluding diaryl/α,β-unsaturated/α-hetero) is 1. The first-order valence-corrected chi connectivity index (χ1v) is 11.8. The van der Waals surface area contributed by atoms with Gasteiger partial charge in [0.15, 0.2) is 12.4 Å². The normalized spacial score (nSPS) is 10.5. The van der Waals surface area contributed by atoms with Gasteiger partial charge >= 0.3 is 11.9 Å². The van der Waals surface area contributed by atoms with Crippen LogP contribution in [0.15, 0.2) is 52.5 Å². The lowest BCUT2D eigenvalue weighted by molar-refractivity contribution is -0.147. The van der Waals surface area contributed by atoms with Gasteiger partial charge in [-0.3, -0.25) is 14.4 Å². The molecule has 1 aromatic carbocycles. The molecule has 184 valence electrons. The molecule has 1 N–H and O–H groups in total. The minimum Gasteiger partial charge on any atom is -0.494 e. The predicted octanol–water partition coefficient (Wildman–Crippen LogP) is 4.73. The maximum Gasteiger partial charge on any atom is 0.341 e. The van der Waals surface area contributed by atoms with Crippen LogP contribution in [0.5, 0.6) is 5.75 Å². The molecular weight excluding hydrogens is 474 g/mol. The van der Waals surface area contributed by atoms with Gasteiger partial charge in [0.05, 0.1) is 19.5 Å². The first-order chi connectivity index (χ1) is 16.9. The molecule has 10 heteroatoms. The molecule has 0 saturated heterocycles. The number of carbonyl (C=O) groups excluding carboxylic acids is 4. The van der Waals surface area contributed by atoms with E-state index in [0.29, 0.717) is 29.1 Å². The summed E-state index contributed by atoms with van der Waals surface area (Å²) < 4.78 is 21.0. The fourth-order valence-corrected chi connectivity index (χ4v) is 4.00. The average molecular weight is 500 g/mol. The maximum atomic E-state index is 12.5. The second kappa shape index (κ2) is 12.5. The van der Waals surface area contributed by atoms with E-state index in [2.05, 4.69) is 5.32 Å². The lowest BCUT2D eigenvalue weighted by atomic mass is 10.1. The Bertz CT molecular complexity index is 1160. The van der Waals surface area contributed by atoms with Crippen LogP contribution in [0.2, 0.25) is 0 Å². The second-order valence-electron chi connectivity index (χ2n) is 7.29. The molecule has 2 heterocycles. The molecule has 0 unspecified atom stereocenters. The van der Waals surface area contributed by atoms with Gasteiger partial charge in [-0.15, -0.1) is 11.3 Å². The molecule has 0 fully saturated rings. The molecule has 9 nitrogen and oxygen atoms in total. The van der Waals surface area contributed by atoms with Crippen LogP contribution in [0.25, 0.3) is 11.3 Å². The van der Waals surface area contributed by atoms with E-state index in [1.54, 1.807) is 48.7 Å². The van der Waals surface area contributed by atoms with Gasteiger partial charge in [-0.25, -0.2) is 4.79 Å². The topological polar surface area (TPSA) is 121 Å². The molecule has 0 radical (unpaired) electrons. The van der Waals surface area contributed by atoms with Gasteiger partial charge in [0.25, 0.3) is 5.91 Å². The number of ether oxygens (including phenoxy) is 3. The van der Waals surface area contributed by atoms with Crippen molar-refractivity contribution in [3.8, 4) is 17.1 Å². The van der Waals surface area contributed by atoms with Crippen molar-refractivity contribution in [2.75, 3.05) is 25.1 Å². The number of hydrogen-bond acceptors (Lipinski definition) is 9. The summed E-state index contributed by atoms with van der Waals surface area (Å²) in [6.07, 6.45) is 1.93. The summed E-state index contributed by atoms with van der Waals surface area (Å²) in [4.78, 5) is 48.0. The van der Waals surface area contributed by atoms with Crippen LogP contribution in [0, 0.1) is 0 Å². The summed E-state index contributed by atoms with van der Waals surface area (Å²) >= 11 is 1.14. The number of benzene rings is 1. The first kappa shape index (κ1) is 25.7. The van der Waals surface area contributed by atoms with E-state index in [1.165, 1.54) is 13.2 Å². The van der Waals surface area contributed by atoms with Crippen LogP contribution in [0.1, 0.15) is 47.4 Å². The van der Waals surface area contributed by atoms with Gasteiger partial charge in [-0.05, 0) is 56.7 Å². The number of amides is 1. The van der Waals surface area contributed by atoms with Crippen LogP contribution in [0.4, 0.5) is 5.00 Å². The Kier molecular flexibility index (Phi) is 9.19. The third-order valence-electron chi connectivity index (χ3n) is 4.73. The van der Waals surface area contributed by atoms with Crippen LogP contribution < -0.4 is 10.1 Å². The monoisotopic (exact) mass is 499 g/mol. The van der Waals surface area contributed by atoms with E-state index in [4.69, 9.17) is 18.6 Å². The maximum absolute atomic E-state index is 12.5. The van der Waals surface area contributed by atoms with Gasteiger partial charge in [-0.2, -0.15) is 0 Å². The van der Waals surface area contributed by atoms with E-state index >= 15 is 0 Å². The Morgan fingerprint density at radius 2 is 1.83 bits per heavy atom. The molecule has 0 aliphatic rings. The van der Waals surface area contributed by atoms with Crippen LogP contribution in [0.3, 0.4) is 0 Å². The van der Waals surface area contributed by atoms with E-state index in [-0.39, 0.29) is 36.0 Å². The molecular formula is C25H25NO8S. The summed E-state index contributed by atoms with van der Waals surface area (Å²) in [6, 6.07) is 10.1. The van der Waals surface area contributed by atoms with Crippen molar-refractivity contribution in [3.63, 3.8) is 0 Å². The smallest absolute Gasteiger partial charge is 0.341 e. The molecule has 0 aliphatic heterocycles. The largest absolute Gasteiger partial charge is 0.494 e. The minimum atomic E-state index is -0.594. The number of rotatable bonds is 12. The Morgan fingerprint density at radius 1 is 1.06 bits per heavy atom. The highest BCUT2D eigenvalue weighted by Crippen LogP contribution is 2.36. The lowest BCUT2D eigenvalue weighted by Gasteiger charge is -2.09. The number of nitrogens with one attached hydrogen (secondary N) is 1. The van der Waals surface area contributed by atoms with Crippen molar-refractivity contribution in [2.24, 2.45) is 0 Å². The van der Waals surface area contributed by atoms with Crippen molar-refractivity contribution in [2.45, 2.75) is 26.7 Å². The van der Waals surface area contributed by atoms with Crippen molar-refractivity contribution >= 4 is 40.0 Å².